The zero-order valence-electron chi connectivity index (χ0n) is 8.10. The van der Waals surface area contributed by atoms with Crippen molar-refractivity contribution in [3.05, 3.63) is 22.2 Å². The predicted octanol–water partition coefficient (Wildman–Crippen LogP) is 0.818. The number of thiazole rings is 1. The van der Waals surface area contributed by atoms with Gasteiger partial charge in [-0.3, -0.25) is 4.79 Å². The fourth-order valence-electron chi connectivity index (χ4n) is 0.816. The minimum Gasteiger partial charge on any atom is -0.461 e. The van der Waals surface area contributed by atoms with E-state index in [2.05, 4.69) is 4.98 Å². The number of carbonyl (C=O) groups excluding carboxylic acids is 2. The first kappa shape index (κ1) is 11.4. The van der Waals surface area contributed by atoms with Gasteiger partial charge in [0.25, 0.3) is 0 Å². The summed E-state index contributed by atoms with van der Waals surface area (Å²) in [5.41, 5.74) is 5.16. The Morgan fingerprint density at radius 3 is 3.00 bits per heavy atom. The van der Waals surface area contributed by atoms with Crippen LogP contribution in [0.25, 0.3) is 6.08 Å². The Bertz CT molecular complexity index is 398. The summed E-state index contributed by atoms with van der Waals surface area (Å²) in [6.45, 7) is 2.03. The van der Waals surface area contributed by atoms with Gasteiger partial charge in [0.15, 0.2) is 5.69 Å². The standard InChI is InChI=1S/C9H10N2O3S/c1-2-14-9(13)6-5-15-8(11-6)4-3-7(10)12/h3-5H,2H2,1H3,(H2,10,12). The lowest BCUT2D eigenvalue weighted by Crippen LogP contribution is -2.05. The van der Waals surface area contributed by atoms with E-state index in [4.69, 9.17) is 10.5 Å². The van der Waals surface area contributed by atoms with Crippen LogP contribution in [-0.2, 0) is 9.53 Å². The van der Waals surface area contributed by atoms with Gasteiger partial charge in [0, 0.05) is 11.5 Å². The van der Waals surface area contributed by atoms with Crippen molar-refractivity contribution in [3.8, 4) is 0 Å². The van der Waals surface area contributed by atoms with E-state index in [0.29, 0.717) is 11.6 Å². The van der Waals surface area contributed by atoms with Crippen LogP contribution in [0, 0.1) is 0 Å². The summed E-state index contributed by atoms with van der Waals surface area (Å²) in [5.74, 6) is -1.02. The third-order valence-electron chi connectivity index (χ3n) is 1.40. The second kappa shape index (κ2) is 5.26. The summed E-state index contributed by atoms with van der Waals surface area (Å²) >= 11 is 1.24. The van der Waals surface area contributed by atoms with E-state index in [0.717, 1.165) is 0 Å². The molecule has 0 aliphatic heterocycles. The van der Waals surface area contributed by atoms with Crippen molar-refractivity contribution in [3.63, 3.8) is 0 Å². The smallest absolute Gasteiger partial charge is 0.357 e. The Labute approximate surface area is 90.6 Å². The molecule has 0 aromatic carbocycles. The van der Waals surface area contributed by atoms with Crippen LogP contribution >= 0.6 is 11.3 Å². The van der Waals surface area contributed by atoms with Crippen LogP contribution in [0.15, 0.2) is 11.5 Å². The molecule has 0 fully saturated rings. The van der Waals surface area contributed by atoms with Gasteiger partial charge in [0.2, 0.25) is 5.91 Å². The lowest BCUT2D eigenvalue weighted by molar-refractivity contribution is -0.113. The molecule has 0 saturated carbocycles. The molecule has 0 atom stereocenters. The highest BCUT2D eigenvalue weighted by Gasteiger charge is 2.09. The zero-order chi connectivity index (χ0) is 11.3. The van der Waals surface area contributed by atoms with Gasteiger partial charge in [-0.2, -0.15) is 0 Å². The van der Waals surface area contributed by atoms with Gasteiger partial charge >= 0.3 is 5.97 Å². The number of nitrogens with two attached hydrogens (primary N) is 1. The van der Waals surface area contributed by atoms with Gasteiger partial charge in [-0.1, -0.05) is 0 Å². The van der Waals surface area contributed by atoms with Crippen molar-refractivity contribution < 1.29 is 14.3 Å². The predicted molar refractivity (Wildman–Crippen MR) is 56.3 cm³/mol. The lowest BCUT2D eigenvalue weighted by atomic mass is 10.4. The average molecular weight is 226 g/mol. The SMILES string of the molecule is CCOC(=O)c1csc(C=CC(N)=O)n1. The molecule has 0 radical (unpaired) electrons. The van der Waals surface area contributed by atoms with Crippen LogP contribution in [0.5, 0.6) is 0 Å². The summed E-state index contributed by atoms with van der Waals surface area (Å²) in [7, 11) is 0. The summed E-state index contributed by atoms with van der Waals surface area (Å²) in [6.07, 6.45) is 2.64. The van der Waals surface area contributed by atoms with Crippen molar-refractivity contribution in [1.82, 2.24) is 4.98 Å². The molecule has 1 aromatic heterocycles. The van der Waals surface area contributed by atoms with Crippen molar-refractivity contribution in [2.75, 3.05) is 6.61 Å². The number of primary amides is 1. The van der Waals surface area contributed by atoms with Crippen molar-refractivity contribution >= 4 is 29.3 Å². The molecule has 0 saturated heterocycles. The van der Waals surface area contributed by atoms with E-state index in [9.17, 15) is 9.59 Å². The first-order chi connectivity index (χ1) is 7.13. The van der Waals surface area contributed by atoms with Crippen LogP contribution in [-0.4, -0.2) is 23.5 Å². The van der Waals surface area contributed by atoms with Crippen molar-refractivity contribution in [2.45, 2.75) is 6.92 Å². The van der Waals surface area contributed by atoms with Gasteiger partial charge in [-0.15, -0.1) is 11.3 Å². The number of amides is 1. The topological polar surface area (TPSA) is 82.3 Å². The molecule has 80 valence electrons. The van der Waals surface area contributed by atoms with Gasteiger partial charge in [0.05, 0.1) is 6.61 Å². The Balaban J connectivity index is 2.72. The molecular formula is C9H10N2O3S. The van der Waals surface area contributed by atoms with Crippen molar-refractivity contribution in [1.29, 1.82) is 0 Å². The normalized spacial score (nSPS) is 10.5. The molecule has 15 heavy (non-hydrogen) atoms. The zero-order valence-corrected chi connectivity index (χ0v) is 8.91. The quantitative estimate of drug-likeness (QED) is 0.608. The molecule has 0 aliphatic carbocycles. The molecule has 1 aromatic rings. The highest BCUT2D eigenvalue weighted by molar-refractivity contribution is 7.10. The highest BCUT2D eigenvalue weighted by atomic mass is 32.1. The molecule has 5 nitrogen and oxygen atoms in total. The molecule has 0 bridgehead atoms. The van der Waals surface area contributed by atoms with E-state index in [1.807, 2.05) is 0 Å². The van der Waals surface area contributed by atoms with E-state index in [-0.39, 0.29) is 5.69 Å². The number of nitrogens with zero attached hydrogens (tertiary/aromatic N) is 1. The fourth-order valence-corrected chi connectivity index (χ4v) is 1.50. The summed E-state index contributed by atoms with van der Waals surface area (Å²) in [4.78, 5) is 25.6. The Hall–Kier alpha value is -1.69. The maximum absolute atomic E-state index is 11.2. The number of ether oxygens (including phenoxy) is 1. The molecule has 1 heterocycles. The molecule has 0 unspecified atom stereocenters. The van der Waals surface area contributed by atoms with Crippen LogP contribution in [0.4, 0.5) is 0 Å². The van der Waals surface area contributed by atoms with E-state index in [1.165, 1.54) is 23.5 Å². The number of hydrogen-bond acceptors (Lipinski definition) is 5. The number of aromatic nitrogens is 1. The summed E-state index contributed by atoms with van der Waals surface area (Å²) in [6, 6.07) is 0. The first-order valence-corrected chi connectivity index (χ1v) is 5.11. The average Bonchev–Trinajstić information content (AvgIpc) is 2.63. The van der Waals surface area contributed by atoms with E-state index >= 15 is 0 Å². The number of rotatable bonds is 4. The van der Waals surface area contributed by atoms with Crippen LogP contribution in [0.1, 0.15) is 22.4 Å². The lowest BCUT2D eigenvalue weighted by Gasteiger charge is -1.95. The van der Waals surface area contributed by atoms with Gasteiger partial charge in [0.1, 0.15) is 5.01 Å². The van der Waals surface area contributed by atoms with E-state index < -0.39 is 11.9 Å². The molecule has 1 amide bonds. The fraction of sp³-hybridized carbons (Fsp3) is 0.222. The van der Waals surface area contributed by atoms with Gasteiger partial charge in [-0.25, -0.2) is 9.78 Å². The van der Waals surface area contributed by atoms with Gasteiger partial charge in [-0.05, 0) is 13.0 Å². The molecule has 2 N–H and O–H groups in total. The van der Waals surface area contributed by atoms with Crippen LogP contribution in [0.2, 0.25) is 0 Å². The second-order valence-electron chi connectivity index (χ2n) is 2.53. The molecule has 6 heteroatoms. The highest BCUT2D eigenvalue weighted by Crippen LogP contribution is 2.12. The maximum atomic E-state index is 11.2. The number of esters is 1. The Morgan fingerprint density at radius 1 is 1.67 bits per heavy atom. The molecular weight excluding hydrogens is 216 g/mol. The summed E-state index contributed by atoms with van der Waals surface area (Å²) in [5, 5.41) is 2.11. The Kier molecular flexibility index (Phi) is 3.99. The minimum absolute atomic E-state index is 0.242. The van der Waals surface area contributed by atoms with E-state index in [1.54, 1.807) is 12.3 Å². The third-order valence-corrected chi connectivity index (χ3v) is 2.21. The number of carbonyl (C=O) groups is 2. The monoisotopic (exact) mass is 226 g/mol. The van der Waals surface area contributed by atoms with Crippen molar-refractivity contribution in [2.24, 2.45) is 5.73 Å². The van der Waals surface area contributed by atoms with Gasteiger partial charge < -0.3 is 10.5 Å². The summed E-state index contributed by atoms with van der Waals surface area (Å²) < 4.78 is 4.76. The molecule has 0 spiro atoms. The largest absolute Gasteiger partial charge is 0.461 e. The third kappa shape index (κ3) is 3.51. The minimum atomic E-state index is -0.553. The maximum Gasteiger partial charge on any atom is 0.357 e. The molecule has 1 rings (SSSR count). The van der Waals surface area contributed by atoms with Crippen LogP contribution in [0.3, 0.4) is 0 Å². The number of hydrogen-bond donors (Lipinski definition) is 1. The molecule has 0 aliphatic rings. The Morgan fingerprint density at radius 2 is 2.40 bits per heavy atom. The second-order valence-corrected chi connectivity index (χ2v) is 3.42. The van der Waals surface area contributed by atoms with Crippen LogP contribution < -0.4 is 5.73 Å². The first-order valence-electron chi connectivity index (χ1n) is 4.23.